The number of hydrogen-bond acceptors (Lipinski definition) is 1. The van der Waals surface area contributed by atoms with Crippen molar-refractivity contribution in [2.24, 2.45) is 0 Å². The lowest BCUT2D eigenvalue weighted by Gasteiger charge is -2.27. The molecule has 0 radical (unpaired) electrons. The Balaban J connectivity index is 2.33. The van der Waals surface area contributed by atoms with Crippen LogP contribution in [0.15, 0.2) is 48.5 Å². The largest absolute Gasteiger partial charge is 0.384 e. The van der Waals surface area contributed by atoms with Crippen molar-refractivity contribution in [2.75, 3.05) is 5.88 Å². The molecule has 2 aromatic rings. The Labute approximate surface area is 127 Å². The van der Waals surface area contributed by atoms with Gasteiger partial charge in [-0.25, -0.2) is 0 Å². The Morgan fingerprint density at radius 3 is 2.16 bits per heavy atom. The summed E-state index contributed by atoms with van der Waals surface area (Å²) in [7, 11) is 0. The van der Waals surface area contributed by atoms with Gasteiger partial charge in [-0.3, -0.25) is 0 Å². The summed E-state index contributed by atoms with van der Waals surface area (Å²) in [6.07, 6.45) is 0.359. The van der Waals surface area contributed by atoms with Crippen LogP contribution in [0.4, 0.5) is 0 Å². The molecule has 1 atom stereocenters. The molecule has 1 N–H and O–H groups in total. The average Bonchev–Trinajstić information content (AvgIpc) is 2.42. The molecule has 0 saturated carbocycles. The minimum atomic E-state index is -1.16. The fourth-order valence-corrected chi connectivity index (χ4v) is 2.52. The second-order valence-corrected chi connectivity index (χ2v) is 5.55. The lowest BCUT2D eigenvalue weighted by Crippen LogP contribution is -2.30. The van der Waals surface area contributed by atoms with Gasteiger partial charge in [-0.15, -0.1) is 11.6 Å². The van der Waals surface area contributed by atoms with E-state index in [4.69, 9.17) is 34.8 Å². The standard InChI is InChI=1S/C15H13Cl3O/c16-10-15(19,12-5-7-13(17)8-6-12)9-11-3-1-2-4-14(11)18/h1-8,19H,9-10H2. The van der Waals surface area contributed by atoms with Crippen molar-refractivity contribution in [3.8, 4) is 0 Å². The van der Waals surface area contributed by atoms with Crippen LogP contribution in [0.25, 0.3) is 0 Å². The van der Waals surface area contributed by atoms with Gasteiger partial charge in [0.05, 0.1) is 5.88 Å². The van der Waals surface area contributed by atoms with Gasteiger partial charge in [-0.2, -0.15) is 0 Å². The lowest BCUT2D eigenvalue weighted by atomic mass is 9.89. The van der Waals surface area contributed by atoms with E-state index in [1.165, 1.54) is 0 Å². The molecule has 0 heterocycles. The number of hydrogen-bond donors (Lipinski definition) is 1. The minimum absolute atomic E-state index is 0.0832. The lowest BCUT2D eigenvalue weighted by molar-refractivity contribution is 0.0614. The maximum absolute atomic E-state index is 10.7. The summed E-state index contributed by atoms with van der Waals surface area (Å²) in [5, 5.41) is 12.0. The first-order valence-electron chi connectivity index (χ1n) is 5.83. The summed E-state index contributed by atoms with van der Waals surface area (Å²) in [5.74, 6) is 0.0832. The number of benzene rings is 2. The van der Waals surface area contributed by atoms with Crippen LogP contribution < -0.4 is 0 Å². The predicted molar refractivity (Wildman–Crippen MR) is 81.2 cm³/mol. The van der Waals surface area contributed by atoms with E-state index in [0.717, 1.165) is 11.1 Å². The molecule has 100 valence electrons. The summed E-state index contributed by atoms with van der Waals surface area (Å²) in [6.45, 7) is 0. The van der Waals surface area contributed by atoms with E-state index in [9.17, 15) is 5.11 Å². The molecule has 0 aliphatic heterocycles. The van der Waals surface area contributed by atoms with E-state index in [1.807, 2.05) is 18.2 Å². The first kappa shape index (κ1) is 14.7. The van der Waals surface area contributed by atoms with Gasteiger partial charge in [0.25, 0.3) is 0 Å². The Hall–Kier alpha value is -0.730. The fraction of sp³-hybridized carbons (Fsp3) is 0.200. The van der Waals surface area contributed by atoms with Gasteiger partial charge in [-0.1, -0.05) is 53.5 Å². The molecule has 0 aliphatic carbocycles. The first-order chi connectivity index (χ1) is 9.05. The van der Waals surface area contributed by atoms with Crippen LogP contribution >= 0.6 is 34.8 Å². The molecule has 0 aliphatic rings. The van der Waals surface area contributed by atoms with Crippen LogP contribution in [0.2, 0.25) is 10.0 Å². The smallest absolute Gasteiger partial charge is 0.107 e. The van der Waals surface area contributed by atoms with E-state index >= 15 is 0 Å². The van der Waals surface area contributed by atoms with E-state index in [-0.39, 0.29) is 5.88 Å². The Morgan fingerprint density at radius 1 is 0.947 bits per heavy atom. The van der Waals surface area contributed by atoms with Gasteiger partial charge in [0.15, 0.2) is 0 Å². The minimum Gasteiger partial charge on any atom is -0.384 e. The van der Waals surface area contributed by atoms with Gasteiger partial charge < -0.3 is 5.11 Å². The zero-order valence-electron chi connectivity index (χ0n) is 10.1. The van der Waals surface area contributed by atoms with E-state index in [2.05, 4.69) is 0 Å². The Morgan fingerprint density at radius 2 is 1.58 bits per heavy atom. The van der Waals surface area contributed by atoms with Crippen molar-refractivity contribution < 1.29 is 5.11 Å². The van der Waals surface area contributed by atoms with Crippen molar-refractivity contribution in [3.63, 3.8) is 0 Å². The highest BCUT2D eigenvalue weighted by atomic mass is 35.5. The highest BCUT2D eigenvalue weighted by molar-refractivity contribution is 6.31. The van der Waals surface area contributed by atoms with Crippen LogP contribution in [0.1, 0.15) is 11.1 Å². The fourth-order valence-electron chi connectivity index (χ4n) is 1.94. The second kappa shape index (κ2) is 6.15. The maximum atomic E-state index is 10.7. The third kappa shape index (κ3) is 3.43. The van der Waals surface area contributed by atoms with Crippen LogP contribution in [0.3, 0.4) is 0 Å². The molecular weight excluding hydrogens is 303 g/mol. The molecule has 0 fully saturated rings. The molecule has 0 bridgehead atoms. The summed E-state index contributed by atoms with van der Waals surface area (Å²) < 4.78 is 0. The Kier molecular flexibility index (Phi) is 4.75. The van der Waals surface area contributed by atoms with Crippen molar-refractivity contribution in [1.82, 2.24) is 0 Å². The highest BCUT2D eigenvalue weighted by Gasteiger charge is 2.29. The molecule has 2 rings (SSSR count). The van der Waals surface area contributed by atoms with Crippen molar-refractivity contribution in [3.05, 3.63) is 69.7 Å². The third-order valence-electron chi connectivity index (χ3n) is 3.04. The average molecular weight is 316 g/mol. The molecule has 0 spiro atoms. The molecule has 0 aromatic heterocycles. The number of halogens is 3. The third-order valence-corrected chi connectivity index (χ3v) is 4.11. The quantitative estimate of drug-likeness (QED) is 0.813. The van der Waals surface area contributed by atoms with E-state index in [0.29, 0.717) is 16.5 Å². The van der Waals surface area contributed by atoms with Gasteiger partial charge in [0, 0.05) is 16.5 Å². The molecule has 2 aromatic carbocycles. The SMILES string of the molecule is OC(CCl)(Cc1ccccc1Cl)c1ccc(Cl)cc1. The molecule has 1 unspecified atom stereocenters. The van der Waals surface area contributed by atoms with Gasteiger partial charge in [0.2, 0.25) is 0 Å². The van der Waals surface area contributed by atoms with Crippen molar-refractivity contribution >= 4 is 34.8 Å². The number of rotatable bonds is 4. The number of aliphatic hydroxyl groups is 1. The molecular formula is C15H13Cl3O. The van der Waals surface area contributed by atoms with Crippen LogP contribution in [0.5, 0.6) is 0 Å². The molecule has 0 amide bonds. The monoisotopic (exact) mass is 314 g/mol. The topological polar surface area (TPSA) is 20.2 Å². The molecule has 4 heteroatoms. The Bertz CT molecular complexity index is 554. The van der Waals surface area contributed by atoms with Crippen molar-refractivity contribution in [2.45, 2.75) is 12.0 Å². The molecule has 19 heavy (non-hydrogen) atoms. The summed E-state index contributed by atoms with van der Waals surface area (Å²) in [6, 6.07) is 14.5. The highest BCUT2D eigenvalue weighted by Crippen LogP contribution is 2.30. The molecule has 0 saturated heterocycles. The van der Waals surface area contributed by atoms with E-state index in [1.54, 1.807) is 30.3 Å². The predicted octanol–water partition coefficient (Wildman–Crippen LogP) is 4.66. The van der Waals surface area contributed by atoms with E-state index < -0.39 is 5.60 Å². The van der Waals surface area contributed by atoms with Gasteiger partial charge >= 0.3 is 0 Å². The normalized spacial score (nSPS) is 14.1. The van der Waals surface area contributed by atoms with Gasteiger partial charge in [-0.05, 0) is 29.3 Å². The van der Waals surface area contributed by atoms with Crippen LogP contribution in [-0.2, 0) is 12.0 Å². The van der Waals surface area contributed by atoms with Crippen molar-refractivity contribution in [1.29, 1.82) is 0 Å². The summed E-state index contributed by atoms with van der Waals surface area (Å²) in [5.41, 5.74) is 0.436. The van der Waals surface area contributed by atoms with Crippen LogP contribution in [0, 0.1) is 0 Å². The van der Waals surface area contributed by atoms with Gasteiger partial charge in [0.1, 0.15) is 5.60 Å². The summed E-state index contributed by atoms with van der Waals surface area (Å²) in [4.78, 5) is 0. The molecule has 1 nitrogen and oxygen atoms in total. The number of alkyl halides is 1. The maximum Gasteiger partial charge on any atom is 0.107 e. The zero-order valence-corrected chi connectivity index (χ0v) is 12.4. The zero-order chi connectivity index (χ0) is 13.9. The summed E-state index contributed by atoms with van der Waals surface area (Å²) >= 11 is 17.9. The first-order valence-corrected chi connectivity index (χ1v) is 7.12. The second-order valence-electron chi connectivity index (χ2n) is 4.44. The van der Waals surface area contributed by atoms with Crippen LogP contribution in [-0.4, -0.2) is 11.0 Å².